The van der Waals surface area contributed by atoms with Crippen LogP contribution >= 0.6 is 15.9 Å². The van der Waals surface area contributed by atoms with Gasteiger partial charge in [0.25, 0.3) is 0 Å². The van der Waals surface area contributed by atoms with Gasteiger partial charge < -0.3 is 4.74 Å². The first-order valence-corrected chi connectivity index (χ1v) is 6.62. The van der Waals surface area contributed by atoms with Crippen molar-refractivity contribution in [2.45, 2.75) is 13.8 Å². The van der Waals surface area contributed by atoms with Gasteiger partial charge in [0.15, 0.2) is 5.78 Å². The summed E-state index contributed by atoms with van der Waals surface area (Å²) in [4.78, 5) is 16.4. The minimum Gasteiger partial charge on any atom is -0.495 e. The average molecular weight is 320 g/mol. The van der Waals surface area contributed by atoms with Crippen LogP contribution in [0.5, 0.6) is 5.75 Å². The first-order valence-electron chi connectivity index (χ1n) is 5.83. The summed E-state index contributed by atoms with van der Waals surface area (Å²) in [5.74, 6) is 0.529. The molecule has 0 unspecified atom stereocenters. The zero-order valence-electron chi connectivity index (χ0n) is 11.0. The highest BCUT2D eigenvalue weighted by molar-refractivity contribution is 9.10. The summed E-state index contributed by atoms with van der Waals surface area (Å²) >= 11 is 3.50. The second-order valence-electron chi connectivity index (χ2n) is 4.37. The van der Waals surface area contributed by atoms with E-state index in [-0.39, 0.29) is 5.78 Å². The fourth-order valence-electron chi connectivity index (χ4n) is 1.90. The Hall–Kier alpha value is -1.68. The van der Waals surface area contributed by atoms with E-state index in [1.165, 1.54) is 0 Å². The van der Waals surface area contributed by atoms with E-state index in [9.17, 15) is 4.79 Å². The van der Waals surface area contributed by atoms with E-state index in [1.807, 2.05) is 26.0 Å². The number of rotatable bonds is 3. The molecule has 1 aromatic carbocycles. The molecule has 0 spiro atoms. The topological polar surface area (TPSA) is 39.2 Å². The largest absolute Gasteiger partial charge is 0.495 e. The minimum atomic E-state index is -0.0508. The second-order valence-corrected chi connectivity index (χ2v) is 5.16. The predicted molar refractivity (Wildman–Crippen MR) is 77.8 cm³/mol. The van der Waals surface area contributed by atoms with Crippen molar-refractivity contribution in [1.82, 2.24) is 4.98 Å². The summed E-state index contributed by atoms with van der Waals surface area (Å²) in [7, 11) is 1.55. The molecule has 2 rings (SSSR count). The Balaban J connectivity index is 2.44. The molecule has 0 saturated heterocycles. The Morgan fingerprint density at radius 1 is 1.11 bits per heavy atom. The molecule has 4 heteroatoms. The van der Waals surface area contributed by atoms with Crippen molar-refractivity contribution < 1.29 is 9.53 Å². The standard InChI is InChI=1S/C15H14BrNO2/c1-9-4-11(5-10(2)14(9)16)15(18)12-6-13(19-3)8-17-7-12/h4-8H,1-3H3. The summed E-state index contributed by atoms with van der Waals surface area (Å²) in [5, 5.41) is 0. The monoisotopic (exact) mass is 319 g/mol. The van der Waals surface area contributed by atoms with Crippen molar-refractivity contribution in [2.75, 3.05) is 7.11 Å². The quantitative estimate of drug-likeness (QED) is 0.810. The van der Waals surface area contributed by atoms with Gasteiger partial charge >= 0.3 is 0 Å². The number of ketones is 1. The van der Waals surface area contributed by atoms with Crippen LogP contribution in [0.15, 0.2) is 35.1 Å². The van der Waals surface area contributed by atoms with Crippen LogP contribution in [0, 0.1) is 13.8 Å². The summed E-state index contributed by atoms with van der Waals surface area (Å²) in [6.07, 6.45) is 3.13. The molecule has 98 valence electrons. The van der Waals surface area contributed by atoms with Crippen LogP contribution < -0.4 is 4.74 Å². The van der Waals surface area contributed by atoms with Crippen molar-refractivity contribution in [2.24, 2.45) is 0 Å². The fraction of sp³-hybridized carbons (Fsp3) is 0.200. The normalized spacial score (nSPS) is 10.3. The van der Waals surface area contributed by atoms with Crippen molar-refractivity contribution in [1.29, 1.82) is 0 Å². The molecule has 0 N–H and O–H groups in total. The molecule has 0 aliphatic carbocycles. The lowest BCUT2D eigenvalue weighted by Gasteiger charge is -2.08. The van der Waals surface area contributed by atoms with Gasteiger partial charge in [-0.1, -0.05) is 15.9 Å². The zero-order valence-corrected chi connectivity index (χ0v) is 12.6. The molecule has 0 fully saturated rings. The molecule has 0 aliphatic heterocycles. The maximum Gasteiger partial charge on any atom is 0.194 e. The van der Waals surface area contributed by atoms with E-state index in [0.29, 0.717) is 16.9 Å². The lowest BCUT2D eigenvalue weighted by Crippen LogP contribution is -2.04. The number of carbonyl (C=O) groups excluding carboxylic acids is 1. The number of halogens is 1. The molecule has 19 heavy (non-hydrogen) atoms. The highest BCUT2D eigenvalue weighted by atomic mass is 79.9. The Kier molecular flexibility index (Phi) is 4.00. The second kappa shape index (κ2) is 5.53. The summed E-state index contributed by atoms with van der Waals surface area (Å²) in [6.45, 7) is 3.94. The SMILES string of the molecule is COc1cncc(C(=O)c2cc(C)c(Br)c(C)c2)c1. The molecular formula is C15H14BrNO2. The number of ether oxygens (including phenoxy) is 1. The Bertz CT molecular complexity index is 615. The van der Waals surface area contributed by atoms with Crippen LogP contribution in [0.1, 0.15) is 27.0 Å². The van der Waals surface area contributed by atoms with Crippen molar-refractivity contribution in [3.63, 3.8) is 0 Å². The molecule has 0 saturated carbocycles. The van der Waals surface area contributed by atoms with Gasteiger partial charge in [0.05, 0.1) is 13.3 Å². The zero-order chi connectivity index (χ0) is 14.0. The van der Waals surface area contributed by atoms with E-state index in [1.54, 1.807) is 25.6 Å². The Morgan fingerprint density at radius 2 is 1.74 bits per heavy atom. The number of hydrogen-bond acceptors (Lipinski definition) is 3. The van der Waals surface area contributed by atoms with Crippen LogP contribution in [-0.2, 0) is 0 Å². The number of nitrogens with zero attached hydrogens (tertiary/aromatic N) is 1. The van der Waals surface area contributed by atoms with E-state index in [0.717, 1.165) is 15.6 Å². The number of carbonyl (C=O) groups is 1. The number of aromatic nitrogens is 1. The average Bonchev–Trinajstić information content (AvgIpc) is 2.43. The van der Waals surface area contributed by atoms with Crippen molar-refractivity contribution in [3.05, 3.63) is 57.3 Å². The van der Waals surface area contributed by atoms with Gasteiger partial charge in [-0.05, 0) is 43.2 Å². The molecule has 0 bridgehead atoms. The molecular weight excluding hydrogens is 306 g/mol. The lowest BCUT2D eigenvalue weighted by molar-refractivity contribution is 0.103. The lowest BCUT2D eigenvalue weighted by atomic mass is 10.0. The van der Waals surface area contributed by atoms with Crippen LogP contribution in [0.4, 0.5) is 0 Å². The predicted octanol–water partition coefficient (Wildman–Crippen LogP) is 3.70. The van der Waals surface area contributed by atoms with Gasteiger partial charge in [0, 0.05) is 21.8 Å². The van der Waals surface area contributed by atoms with E-state index >= 15 is 0 Å². The van der Waals surface area contributed by atoms with Crippen LogP contribution in [0.3, 0.4) is 0 Å². The number of methoxy groups -OCH3 is 1. The summed E-state index contributed by atoms with van der Waals surface area (Å²) in [5.41, 5.74) is 3.27. The number of hydrogen-bond donors (Lipinski definition) is 0. The number of aryl methyl sites for hydroxylation is 2. The number of pyridine rings is 1. The first kappa shape index (κ1) is 13.7. The van der Waals surface area contributed by atoms with Crippen LogP contribution in [0.25, 0.3) is 0 Å². The van der Waals surface area contributed by atoms with Gasteiger partial charge in [-0.3, -0.25) is 9.78 Å². The van der Waals surface area contributed by atoms with Gasteiger partial charge in [0.1, 0.15) is 5.75 Å². The van der Waals surface area contributed by atoms with Crippen LogP contribution in [-0.4, -0.2) is 17.9 Å². The molecule has 0 amide bonds. The molecule has 1 heterocycles. The van der Waals surface area contributed by atoms with Gasteiger partial charge in [-0.15, -0.1) is 0 Å². The van der Waals surface area contributed by atoms with Gasteiger partial charge in [0.2, 0.25) is 0 Å². The molecule has 3 nitrogen and oxygen atoms in total. The van der Waals surface area contributed by atoms with E-state index in [2.05, 4.69) is 20.9 Å². The third-order valence-corrected chi connectivity index (χ3v) is 4.16. The summed E-state index contributed by atoms with van der Waals surface area (Å²) < 4.78 is 6.12. The Labute approximate surface area is 120 Å². The third-order valence-electron chi connectivity index (χ3n) is 2.91. The summed E-state index contributed by atoms with van der Waals surface area (Å²) in [6, 6.07) is 5.44. The maximum absolute atomic E-state index is 12.4. The Morgan fingerprint density at radius 3 is 2.32 bits per heavy atom. The van der Waals surface area contributed by atoms with E-state index in [4.69, 9.17) is 4.74 Å². The highest BCUT2D eigenvalue weighted by Crippen LogP contribution is 2.24. The first-order chi connectivity index (χ1) is 9.02. The molecule has 0 aliphatic rings. The van der Waals surface area contributed by atoms with Gasteiger partial charge in [-0.2, -0.15) is 0 Å². The maximum atomic E-state index is 12.4. The van der Waals surface area contributed by atoms with Crippen molar-refractivity contribution in [3.8, 4) is 5.75 Å². The number of benzene rings is 1. The van der Waals surface area contributed by atoms with E-state index < -0.39 is 0 Å². The molecule has 2 aromatic rings. The highest BCUT2D eigenvalue weighted by Gasteiger charge is 2.13. The smallest absolute Gasteiger partial charge is 0.194 e. The molecule has 0 radical (unpaired) electrons. The van der Waals surface area contributed by atoms with Crippen molar-refractivity contribution >= 4 is 21.7 Å². The minimum absolute atomic E-state index is 0.0508. The molecule has 0 atom stereocenters. The van der Waals surface area contributed by atoms with Gasteiger partial charge in [-0.25, -0.2) is 0 Å². The molecule has 1 aromatic heterocycles. The van der Waals surface area contributed by atoms with Crippen LogP contribution in [0.2, 0.25) is 0 Å². The fourth-order valence-corrected chi connectivity index (χ4v) is 2.13. The third kappa shape index (κ3) is 2.84.